The number of nitrogens with one attached hydrogen (secondary N) is 1. The summed E-state index contributed by atoms with van der Waals surface area (Å²) in [5, 5.41) is 12.3. The van der Waals surface area contributed by atoms with E-state index in [0.29, 0.717) is 13.0 Å². The second kappa shape index (κ2) is 11.5. The van der Waals surface area contributed by atoms with Crippen LogP contribution < -0.4 is 10.1 Å². The fourth-order valence-electron chi connectivity index (χ4n) is 3.34. The minimum Gasteiger partial charge on any atom is -0.494 e. The molecule has 0 aromatic heterocycles. The van der Waals surface area contributed by atoms with Gasteiger partial charge in [-0.3, -0.25) is 4.90 Å². The van der Waals surface area contributed by atoms with E-state index in [9.17, 15) is 0 Å². The fraction of sp³-hybridized carbons (Fsp3) is 0.435. The molecule has 1 atom stereocenters. The molecule has 2 aromatic carbocycles. The standard InChI is InChI=1S/C23H29N3O2/c24-11-4-5-14-28-22-10-6-7-20(17-22)18-25-23(21-8-2-1-3-9-21)19-26-12-15-27-16-13-26/h1-3,6-10,17,23,25H,4-5,12-16,18-19H2. The van der Waals surface area contributed by atoms with Crippen LogP contribution in [0.4, 0.5) is 0 Å². The van der Waals surface area contributed by atoms with Gasteiger partial charge in [0.05, 0.1) is 25.9 Å². The number of unbranched alkanes of at least 4 members (excludes halogenated alkanes) is 1. The maximum Gasteiger partial charge on any atom is 0.119 e. The van der Waals surface area contributed by atoms with Crippen molar-refractivity contribution in [2.45, 2.75) is 25.4 Å². The lowest BCUT2D eigenvalue weighted by atomic mass is 10.1. The van der Waals surface area contributed by atoms with Gasteiger partial charge < -0.3 is 14.8 Å². The summed E-state index contributed by atoms with van der Waals surface area (Å²) in [5.74, 6) is 0.863. The Morgan fingerprint density at radius 1 is 1.11 bits per heavy atom. The predicted octanol–water partition coefficient (Wildman–Crippen LogP) is 3.53. The molecule has 148 valence electrons. The SMILES string of the molecule is N#CCCCOc1cccc(CNC(CN2CCOCC2)c2ccccc2)c1. The van der Waals surface area contributed by atoms with Crippen LogP contribution in [0.1, 0.15) is 30.0 Å². The zero-order valence-corrected chi connectivity index (χ0v) is 16.3. The van der Waals surface area contributed by atoms with Crippen molar-refractivity contribution in [1.29, 1.82) is 5.26 Å². The summed E-state index contributed by atoms with van der Waals surface area (Å²) in [5.41, 5.74) is 2.50. The second-order valence-corrected chi connectivity index (χ2v) is 7.01. The number of hydrogen-bond donors (Lipinski definition) is 1. The average Bonchev–Trinajstić information content (AvgIpc) is 2.76. The van der Waals surface area contributed by atoms with Crippen LogP contribution in [0.15, 0.2) is 54.6 Å². The number of benzene rings is 2. The van der Waals surface area contributed by atoms with Gasteiger partial charge in [0, 0.05) is 38.6 Å². The van der Waals surface area contributed by atoms with Gasteiger partial charge in [0.1, 0.15) is 5.75 Å². The number of morpholine rings is 1. The summed E-state index contributed by atoms with van der Waals surface area (Å²) in [6.45, 7) is 5.92. The zero-order valence-electron chi connectivity index (χ0n) is 16.3. The van der Waals surface area contributed by atoms with Crippen molar-refractivity contribution in [1.82, 2.24) is 10.2 Å². The predicted molar refractivity (Wildman–Crippen MR) is 110 cm³/mol. The summed E-state index contributed by atoms with van der Waals surface area (Å²) in [7, 11) is 0. The molecule has 0 spiro atoms. The lowest BCUT2D eigenvalue weighted by Gasteiger charge is -2.31. The summed E-state index contributed by atoms with van der Waals surface area (Å²) in [4.78, 5) is 2.46. The third-order valence-electron chi connectivity index (χ3n) is 4.90. The normalized spacial score (nSPS) is 15.7. The van der Waals surface area contributed by atoms with Gasteiger partial charge in [0.25, 0.3) is 0 Å². The van der Waals surface area contributed by atoms with Gasteiger partial charge in [-0.25, -0.2) is 0 Å². The molecular formula is C23H29N3O2. The van der Waals surface area contributed by atoms with Gasteiger partial charge in [0.2, 0.25) is 0 Å². The van der Waals surface area contributed by atoms with Crippen molar-refractivity contribution < 1.29 is 9.47 Å². The van der Waals surface area contributed by atoms with Crippen LogP contribution in [0.25, 0.3) is 0 Å². The van der Waals surface area contributed by atoms with Crippen molar-refractivity contribution in [3.8, 4) is 11.8 Å². The first kappa shape index (κ1) is 20.3. The highest BCUT2D eigenvalue weighted by atomic mass is 16.5. The molecule has 3 rings (SSSR count). The summed E-state index contributed by atoms with van der Waals surface area (Å²) < 4.78 is 11.2. The van der Waals surface area contributed by atoms with Crippen molar-refractivity contribution in [3.05, 3.63) is 65.7 Å². The smallest absolute Gasteiger partial charge is 0.119 e. The summed E-state index contributed by atoms with van der Waals surface area (Å²) in [6.07, 6.45) is 1.29. The van der Waals surface area contributed by atoms with Crippen LogP contribution in [-0.2, 0) is 11.3 Å². The maximum atomic E-state index is 8.62. The Labute approximate surface area is 167 Å². The monoisotopic (exact) mass is 379 g/mol. The maximum absolute atomic E-state index is 8.62. The van der Waals surface area contributed by atoms with Crippen LogP contribution >= 0.6 is 0 Å². The van der Waals surface area contributed by atoms with Gasteiger partial charge in [-0.15, -0.1) is 0 Å². The van der Waals surface area contributed by atoms with E-state index >= 15 is 0 Å². The Kier molecular flexibility index (Phi) is 8.32. The molecule has 2 aromatic rings. The van der Waals surface area contributed by atoms with E-state index in [1.54, 1.807) is 0 Å². The largest absolute Gasteiger partial charge is 0.494 e. The first-order valence-electron chi connectivity index (χ1n) is 10.0. The molecule has 0 bridgehead atoms. The van der Waals surface area contributed by atoms with Crippen molar-refractivity contribution in [2.75, 3.05) is 39.5 Å². The van der Waals surface area contributed by atoms with Crippen LogP contribution in [0.3, 0.4) is 0 Å². The molecule has 5 heteroatoms. The molecule has 0 radical (unpaired) electrons. The van der Waals surface area contributed by atoms with E-state index in [1.807, 2.05) is 12.1 Å². The second-order valence-electron chi connectivity index (χ2n) is 7.01. The number of nitrogens with zero attached hydrogens (tertiary/aromatic N) is 2. The van der Waals surface area contributed by atoms with Gasteiger partial charge in [0.15, 0.2) is 0 Å². The van der Waals surface area contributed by atoms with E-state index in [2.05, 4.69) is 58.8 Å². The van der Waals surface area contributed by atoms with Gasteiger partial charge >= 0.3 is 0 Å². The molecule has 5 nitrogen and oxygen atoms in total. The molecule has 1 N–H and O–H groups in total. The Morgan fingerprint density at radius 3 is 2.71 bits per heavy atom. The molecule has 0 saturated carbocycles. The highest BCUT2D eigenvalue weighted by Crippen LogP contribution is 2.18. The van der Waals surface area contributed by atoms with Crippen LogP contribution in [-0.4, -0.2) is 44.4 Å². The van der Waals surface area contributed by atoms with E-state index < -0.39 is 0 Å². The molecule has 1 heterocycles. The highest BCUT2D eigenvalue weighted by molar-refractivity contribution is 5.29. The molecule has 28 heavy (non-hydrogen) atoms. The van der Waals surface area contributed by atoms with Crippen molar-refractivity contribution in [3.63, 3.8) is 0 Å². The Balaban J connectivity index is 1.59. The van der Waals surface area contributed by atoms with Crippen molar-refractivity contribution >= 4 is 0 Å². The molecule has 1 unspecified atom stereocenters. The van der Waals surface area contributed by atoms with E-state index in [4.69, 9.17) is 14.7 Å². The third-order valence-corrected chi connectivity index (χ3v) is 4.90. The molecule has 1 saturated heterocycles. The molecular weight excluding hydrogens is 350 g/mol. The Bertz CT molecular complexity index is 739. The quantitative estimate of drug-likeness (QED) is 0.640. The van der Waals surface area contributed by atoms with E-state index in [-0.39, 0.29) is 6.04 Å². The van der Waals surface area contributed by atoms with Crippen molar-refractivity contribution in [2.24, 2.45) is 0 Å². The molecule has 0 aliphatic carbocycles. The lowest BCUT2D eigenvalue weighted by molar-refractivity contribution is 0.0333. The number of rotatable bonds is 10. The first-order chi connectivity index (χ1) is 13.8. The third kappa shape index (κ3) is 6.65. The van der Waals surface area contributed by atoms with Crippen LogP contribution in [0.5, 0.6) is 5.75 Å². The molecule has 1 fully saturated rings. The van der Waals surface area contributed by atoms with E-state index in [1.165, 1.54) is 11.1 Å². The lowest BCUT2D eigenvalue weighted by Crippen LogP contribution is -2.41. The zero-order chi connectivity index (χ0) is 19.4. The highest BCUT2D eigenvalue weighted by Gasteiger charge is 2.18. The molecule has 0 amide bonds. The number of hydrogen-bond acceptors (Lipinski definition) is 5. The molecule has 1 aliphatic heterocycles. The average molecular weight is 380 g/mol. The van der Waals surface area contributed by atoms with Gasteiger partial charge in [-0.05, 0) is 29.7 Å². The summed E-state index contributed by atoms with van der Waals surface area (Å²) >= 11 is 0. The van der Waals surface area contributed by atoms with Crippen LogP contribution in [0, 0.1) is 11.3 Å². The topological polar surface area (TPSA) is 57.5 Å². The first-order valence-corrected chi connectivity index (χ1v) is 10.0. The summed E-state index contributed by atoms with van der Waals surface area (Å²) in [6, 6.07) is 21.2. The number of ether oxygens (including phenoxy) is 2. The Hall–Kier alpha value is -2.39. The minimum absolute atomic E-state index is 0.263. The molecule has 1 aliphatic rings. The Morgan fingerprint density at radius 2 is 1.93 bits per heavy atom. The number of nitriles is 1. The van der Waals surface area contributed by atoms with E-state index in [0.717, 1.165) is 51.6 Å². The van der Waals surface area contributed by atoms with Gasteiger partial charge in [-0.1, -0.05) is 42.5 Å². The van der Waals surface area contributed by atoms with Crippen LogP contribution in [0.2, 0.25) is 0 Å². The fourth-order valence-corrected chi connectivity index (χ4v) is 3.34. The minimum atomic E-state index is 0.263. The van der Waals surface area contributed by atoms with Gasteiger partial charge in [-0.2, -0.15) is 5.26 Å².